The fraction of sp³-hybridized carbons (Fsp3) is 0.500. The van der Waals surface area contributed by atoms with Crippen LogP contribution in [0.15, 0.2) is 23.1 Å². The van der Waals surface area contributed by atoms with Gasteiger partial charge in [-0.05, 0) is 31.0 Å². The summed E-state index contributed by atoms with van der Waals surface area (Å²) in [6.45, 7) is 1.13. The molecule has 1 aliphatic heterocycles. The van der Waals surface area contributed by atoms with Crippen LogP contribution in [0.5, 0.6) is 0 Å². The molecular weight excluding hydrogens is 347 g/mol. The van der Waals surface area contributed by atoms with Gasteiger partial charge in [-0.25, -0.2) is 13.1 Å². The molecule has 1 aromatic rings. The number of nitrogens with one attached hydrogen (secondary N) is 1. The fourth-order valence-electron chi connectivity index (χ4n) is 2.32. The lowest BCUT2D eigenvalue weighted by atomic mass is 10.2. The average molecular weight is 365 g/mol. The van der Waals surface area contributed by atoms with Crippen molar-refractivity contribution in [3.63, 3.8) is 0 Å². The van der Waals surface area contributed by atoms with Crippen LogP contribution in [0.2, 0.25) is 10.0 Å². The Morgan fingerprint density at radius 3 is 2.32 bits per heavy atom. The standard InChI is InChI=1S/C14H18Cl2N2O3S/c15-12-6-5-11(9-13(12)16)22(20,21)17-10-14(19)18-7-3-1-2-4-8-18/h5-6,9,17H,1-4,7-8,10H2. The summed E-state index contributed by atoms with van der Waals surface area (Å²) >= 11 is 11.6. The van der Waals surface area contributed by atoms with Crippen LogP contribution >= 0.6 is 23.2 Å². The van der Waals surface area contributed by atoms with E-state index in [0.29, 0.717) is 13.1 Å². The molecule has 22 heavy (non-hydrogen) atoms. The highest BCUT2D eigenvalue weighted by Gasteiger charge is 2.20. The van der Waals surface area contributed by atoms with Gasteiger partial charge < -0.3 is 4.90 Å². The number of sulfonamides is 1. The highest BCUT2D eigenvalue weighted by atomic mass is 35.5. The average Bonchev–Trinajstić information content (AvgIpc) is 2.76. The van der Waals surface area contributed by atoms with Crippen LogP contribution in [0.1, 0.15) is 25.7 Å². The number of halogens is 2. The smallest absolute Gasteiger partial charge is 0.241 e. The van der Waals surface area contributed by atoms with Crippen LogP contribution in [-0.4, -0.2) is 38.9 Å². The molecule has 122 valence electrons. The van der Waals surface area contributed by atoms with Gasteiger partial charge in [0, 0.05) is 13.1 Å². The Bertz CT molecular complexity index is 641. The zero-order valence-corrected chi connectivity index (χ0v) is 14.3. The van der Waals surface area contributed by atoms with Gasteiger partial charge >= 0.3 is 0 Å². The van der Waals surface area contributed by atoms with E-state index >= 15 is 0 Å². The Labute approximate surface area is 140 Å². The first kappa shape index (κ1) is 17.5. The van der Waals surface area contributed by atoms with Crippen molar-refractivity contribution in [2.45, 2.75) is 30.6 Å². The van der Waals surface area contributed by atoms with Crippen LogP contribution in [0.25, 0.3) is 0 Å². The number of benzene rings is 1. The van der Waals surface area contributed by atoms with Crippen molar-refractivity contribution in [2.24, 2.45) is 0 Å². The topological polar surface area (TPSA) is 66.5 Å². The maximum Gasteiger partial charge on any atom is 0.241 e. The molecule has 1 aliphatic rings. The number of hydrogen-bond acceptors (Lipinski definition) is 3. The van der Waals surface area contributed by atoms with Gasteiger partial charge in [-0.1, -0.05) is 36.0 Å². The number of likely N-dealkylation sites (tertiary alicyclic amines) is 1. The number of nitrogens with zero attached hydrogens (tertiary/aromatic N) is 1. The normalized spacial score (nSPS) is 16.4. The van der Waals surface area contributed by atoms with Gasteiger partial charge in [-0.15, -0.1) is 0 Å². The van der Waals surface area contributed by atoms with Crippen molar-refractivity contribution in [2.75, 3.05) is 19.6 Å². The molecule has 0 radical (unpaired) electrons. The van der Waals surface area contributed by atoms with Crippen LogP contribution in [-0.2, 0) is 14.8 Å². The highest BCUT2D eigenvalue weighted by molar-refractivity contribution is 7.89. The summed E-state index contributed by atoms with van der Waals surface area (Å²) in [5.41, 5.74) is 0. The molecule has 1 fully saturated rings. The lowest BCUT2D eigenvalue weighted by Gasteiger charge is -2.20. The summed E-state index contributed by atoms with van der Waals surface area (Å²) in [7, 11) is -3.78. The first-order valence-corrected chi connectivity index (χ1v) is 9.36. The maximum atomic E-state index is 12.2. The molecule has 2 rings (SSSR count). The number of carbonyl (C=O) groups excluding carboxylic acids is 1. The van der Waals surface area contributed by atoms with E-state index in [1.54, 1.807) is 4.90 Å². The minimum absolute atomic E-state index is 0.00873. The SMILES string of the molecule is O=C(CNS(=O)(=O)c1ccc(Cl)c(Cl)c1)N1CCCCCC1. The van der Waals surface area contributed by atoms with Gasteiger partial charge in [0.1, 0.15) is 0 Å². The molecule has 1 N–H and O–H groups in total. The predicted octanol–water partition coefficient (Wildman–Crippen LogP) is 2.67. The van der Waals surface area contributed by atoms with Crippen molar-refractivity contribution in [1.82, 2.24) is 9.62 Å². The third-order valence-corrected chi connectivity index (χ3v) is 5.71. The van der Waals surface area contributed by atoms with Crippen LogP contribution in [0.3, 0.4) is 0 Å². The van der Waals surface area contributed by atoms with E-state index in [1.807, 2.05) is 0 Å². The molecule has 1 saturated heterocycles. The predicted molar refractivity (Wildman–Crippen MR) is 86.7 cm³/mol. The highest BCUT2D eigenvalue weighted by Crippen LogP contribution is 2.24. The molecule has 1 aromatic carbocycles. The monoisotopic (exact) mass is 364 g/mol. The lowest BCUT2D eigenvalue weighted by Crippen LogP contribution is -2.40. The van der Waals surface area contributed by atoms with Gasteiger partial charge in [0.05, 0.1) is 21.5 Å². The van der Waals surface area contributed by atoms with E-state index in [4.69, 9.17) is 23.2 Å². The zero-order chi connectivity index (χ0) is 16.2. The second-order valence-electron chi connectivity index (χ2n) is 5.20. The third kappa shape index (κ3) is 4.59. The second-order valence-corrected chi connectivity index (χ2v) is 7.78. The van der Waals surface area contributed by atoms with E-state index in [-0.39, 0.29) is 27.4 Å². The van der Waals surface area contributed by atoms with Crippen molar-refractivity contribution in [3.8, 4) is 0 Å². The summed E-state index contributed by atoms with van der Waals surface area (Å²) in [6, 6.07) is 4.03. The second kappa shape index (κ2) is 7.64. The van der Waals surface area contributed by atoms with Crippen molar-refractivity contribution < 1.29 is 13.2 Å². The quantitative estimate of drug-likeness (QED) is 0.892. The molecule has 0 bridgehead atoms. The van der Waals surface area contributed by atoms with Gasteiger partial charge in [0.25, 0.3) is 0 Å². The molecule has 1 amide bonds. The van der Waals surface area contributed by atoms with Crippen LogP contribution in [0.4, 0.5) is 0 Å². The molecule has 0 atom stereocenters. The van der Waals surface area contributed by atoms with E-state index in [9.17, 15) is 13.2 Å². The summed E-state index contributed by atoms with van der Waals surface area (Å²) in [6.07, 6.45) is 4.15. The Morgan fingerprint density at radius 2 is 1.73 bits per heavy atom. The Kier molecular flexibility index (Phi) is 6.09. The van der Waals surface area contributed by atoms with Gasteiger partial charge in [-0.2, -0.15) is 0 Å². The fourth-order valence-corrected chi connectivity index (χ4v) is 3.68. The molecule has 1 heterocycles. The van der Waals surface area contributed by atoms with Crippen LogP contribution in [0, 0.1) is 0 Å². The van der Waals surface area contributed by atoms with Gasteiger partial charge in [0.15, 0.2) is 0 Å². The molecule has 8 heteroatoms. The molecular formula is C14H18Cl2N2O3S. The van der Waals surface area contributed by atoms with Crippen molar-refractivity contribution in [3.05, 3.63) is 28.2 Å². The molecule has 5 nitrogen and oxygen atoms in total. The lowest BCUT2D eigenvalue weighted by molar-refractivity contribution is -0.129. The largest absolute Gasteiger partial charge is 0.342 e. The van der Waals surface area contributed by atoms with Crippen LogP contribution < -0.4 is 4.72 Å². The van der Waals surface area contributed by atoms with Gasteiger partial charge in [-0.3, -0.25) is 4.79 Å². The summed E-state index contributed by atoms with van der Waals surface area (Å²) < 4.78 is 26.7. The zero-order valence-electron chi connectivity index (χ0n) is 12.0. The number of hydrogen-bond donors (Lipinski definition) is 1. The molecule has 0 aromatic heterocycles. The Hall–Kier alpha value is -0.820. The summed E-state index contributed by atoms with van der Waals surface area (Å²) in [4.78, 5) is 13.8. The first-order valence-electron chi connectivity index (χ1n) is 7.12. The Morgan fingerprint density at radius 1 is 1.09 bits per heavy atom. The van der Waals surface area contributed by atoms with E-state index in [1.165, 1.54) is 18.2 Å². The molecule has 0 spiro atoms. The summed E-state index contributed by atoms with van der Waals surface area (Å²) in [5, 5.41) is 0.435. The molecule has 0 unspecified atom stereocenters. The van der Waals surface area contributed by atoms with Crippen molar-refractivity contribution >= 4 is 39.1 Å². The first-order chi connectivity index (χ1) is 10.4. The summed E-state index contributed by atoms with van der Waals surface area (Å²) in [5.74, 6) is -0.203. The number of amides is 1. The number of carbonyl (C=O) groups is 1. The van der Waals surface area contributed by atoms with E-state index < -0.39 is 10.0 Å². The maximum absolute atomic E-state index is 12.2. The van der Waals surface area contributed by atoms with Crippen molar-refractivity contribution in [1.29, 1.82) is 0 Å². The minimum atomic E-state index is -3.78. The van der Waals surface area contributed by atoms with Gasteiger partial charge in [0.2, 0.25) is 15.9 Å². The minimum Gasteiger partial charge on any atom is -0.342 e. The third-order valence-electron chi connectivity index (χ3n) is 3.57. The number of rotatable bonds is 4. The van der Waals surface area contributed by atoms with E-state index in [2.05, 4.69) is 4.72 Å². The molecule has 0 aliphatic carbocycles. The Balaban J connectivity index is 1.99. The van der Waals surface area contributed by atoms with E-state index in [0.717, 1.165) is 25.7 Å². The molecule has 0 saturated carbocycles.